The first-order chi connectivity index (χ1) is 15.0. The van der Waals surface area contributed by atoms with Crippen molar-refractivity contribution in [3.8, 4) is 11.1 Å². The maximum atomic E-state index is 13.1. The fourth-order valence-electron chi connectivity index (χ4n) is 3.26. The smallest absolute Gasteiger partial charge is 0.326 e. The lowest BCUT2D eigenvalue weighted by Gasteiger charge is -2.18. The number of rotatable bonds is 10. The zero-order valence-electron chi connectivity index (χ0n) is 17.9. The van der Waals surface area contributed by atoms with Crippen molar-refractivity contribution in [3.63, 3.8) is 0 Å². The molecule has 0 bridgehead atoms. The van der Waals surface area contributed by atoms with Gasteiger partial charge in [0.1, 0.15) is 6.04 Å². The highest BCUT2D eigenvalue weighted by molar-refractivity contribution is 7.98. The molecule has 0 spiro atoms. The molecule has 0 unspecified atom stereocenters. The van der Waals surface area contributed by atoms with Gasteiger partial charge in [-0.25, -0.2) is 9.78 Å². The number of aromatic amines is 1. The molecular weight excluding hydrogens is 448 g/mol. The topological polar surface area (TPSA) is 107 Å². The van der Waals surface area contributed by atoms with Crippen molar-refractivity contribution in [1.82, 2.24) is 15.3 Å². The summed E-state index contributed by atoms with van der Waals surface area (Å²) in [5.74, 6) is -0.775. The Balaban J connectivity index is 0.00000363. The molecular formula is C23H27ClN4O3S. The number of thioether (sulfide) groups is 1. The van der Waals surface area contributed by atoms with Gasteiger partial charge < -0.3 is 20.7 Å². The molecule has 3 rings (SSSR count). The molecule has 0 aliphatic heterocycles. The molecule has 0 saturated carbocycles. The number of aryl methyl sites for hydroxylation is 1. The zero-order valence-corrected chi connectivity index (χ0v) is 19.6. The van der Waals surface area contributed by atoms with Crippen LogP contribution in [0, 0.1) is 6.92 Å². The van der Waals surface area contributed by atoms with Crippen LogP contribution in [0.3, 0.4) is 0 Å². The summed E-state index contributed by atoms with van der Waals surface area (Å²) in [5, 5.41) is 15.5. The number of halogens is 1. The third kappa shape index (κ3) is 6.51. The van der Waals surface area contributed by atoms with Gasteiger partial charge in [-0.2, -0.15) is 11.8 Å². The largest absolute Gasteiger partial charge is 0.480 e. The highest BCUT2D eigenvalue weighted by atomic mass is 35.5. The van der Waals surface area contributed by atoms with Gasteiger partial charge in [-0.3, -0.25) is 4.79 Å². The van der Waals surface area contributed by atoms with Gasteiger partial charge in [-0.15, -0.1) is 12.4 Å². The van der Waals surface area contributed by atoms with E-state index in [1.807, 2.05) is 49.6 Å². The van der Waals surface area contributed by atoms with Gasteiger partial charge in [0.25, 0.3) is 5.91 Å². The van der Waals surface area contributed by atoms with Gasteiger partial charge in [0.05, 0.1) is 18.6 Å². The number of hydrogen-bond donors (Lipinski definition) is 4. The first-order valence-electron chi connectivity index (χ1n) is 9.93. The van der Waals surface area contributed by atoms with Crippen molar-refractivity contribution >= 4 is 41.7 Å². The van der Waals surface area contributed by atoms with Gasteiger partial charge >= 0.3 is 5.97 Å². The SMILES string of the molecule is CSCC[C@H](NC(=O)c1ccc(NCc2cnc[nH]2)cc1-c1ccccc1C)C(=O)O.Cl. The molecule has 1 heterocycles. The first-order valence-corrected chi connectivity index (χ1v) is 11.3. The van der Waals surface area contributed by atoms with Crippen LogP contribution in [0.1, 0.15) is 28.0 Å². The quantitative estimate of drug-likeness (QED) is 0.348. The van der Waals surface area contributed by atoms with Gasteiger partial charge in [-0.05, 0) is 60.2 Å². The number of amides is 1. The molecule has 7 nitrogen and oxygen atoms in total. The van der Waals surface area contributed by atoms with Crippen LogP contribution in [-0.4, -0.2) is 45.0 Å². The Hall–Kier alpha value is -2.97. The van der Waals surface area contributed by atoms with E-state index in [9.17, 15) is 14.7 Å². The number of hydrogen-bond acceptors (Lipinski definition) is 5. The van der Waals surface area contributed by atoms with Crippen molar-refractivity contribution in [3.05, 3.63) is 71.8 Å². The van der Waals surface area contributed by atoms with Crippen LogP contribution < -0.4 is 10.6 Å². The van der Waals surface area contributed by atoms with E-state index in [0.29, 0.717) is 24.3 Å². The third-order valence-corrected chi connectivity index (χ3v) is 5.60. The third-order valence-electron chi connectivity index (χ3n) is 4.95. The summed E-state index contributed by atoms with van der Waals surface area (Å²) in [6.07, 6.45) is 5.65. The second-order valence-corrected chi connectivity index (χ2v) is 8.14. The minimum absolute atomic E-state index is 0. The summed E-state index contributed by atoms with van der Waals surface area (Å²) in [7, 11) is 0. The maximum Gasteiger partial charge on any atom is 0.326 e. The van der Waals surface area contributed by atoms with Crippen LogP contribution in [0.25, 0.3) is 11.1 Å². The average molecular weight is 475 g/mol. The summed E-state index contributed by atoms with van der Waals surface area (Å²) in [6.45, 7) is 2.55. The highest BCUT2D eigenvalue weighted by Gasteiger charge is 2.22. The Morgan fingerprint density at radius 2 is 1.97 bits per heavy atom. The Bertz CT molecular complexity index is 1040. The molecule has 9 heteroatoms. The average Bonchev–Trinajstić information content (AvgIpc) is 3.29. The van der Waals surface area contributed by atoms with Crippen LogP contribution in [0.15, 0.2) is 55.0 Å². The number of carbonyl (C=O) groups is 2. The standard InChI is InChI=1S/C23H26N4O3S.ClH/c1-15-5-3-4-6-18(15)20-11-16(25-13-17-12-24-14-26-17)7-8-19(20)22(28)27-21(23(29)30)9-10-31-2;/h3-8,11-12,14,21,25H,9-10,13H2,1-2H3,(H,24,26)(H,27,28)(H,29,30);1H/t21-;/m0./s1. The fraction of sp³-hybridized carbons (Fsp3) is 0.261. The Kier molecular flexibility index (Phi) is 9.61. The highest BCUT2D eigenvalue weighted by Crippen LogP contribution is 2.30. The first kappa shape index (κ1) is 25.3. The van der Waals surface area contributed by atoms with Crippen LogP contribution >= 0.6 is 24.2 Å². The number of nitrogens with one attached hydrogen (secondary N) is 3. The molecule has 0 saturated heterocycles. The van der Waals surface area contributed by atoms with Crippen molar-refractivity contribution in [2.75, 3.05) is 17.3 Å². The van der Waals surface area contributed by atoms with E-state index in [1.54, 1.807) is 30.4 Å². The number of aromatic nitrogens is 2. The number of carboxylic acids is 1. The maximum absolute atomic E-state index is 13.1. The fourth-order valence-corrected chi connectivity index (χ4v) is 3.73. The van der Waals surface area contributed by atoms with Crippen molar-refractivity contribution in [2.45, 2.75) is 25.9 Å². The molecule has 32 heavy (non-hydrogen) atoms. The van der Waals surface area contributed by atoms with E-state index in [-0.39, 0.29) is 12.4 Å². The van der Waals surface area contributed by atoms with Crippen LogP contribution in [0.4, 0.5) is 5.69 Å². The van der Waals surface area contributed by atoms with Gasteiger partial charge in [0.15, 0.2) is 0 Å². The molecule has 0 radical (unpaired) electrons. The Morgan fingerprint density at radius 1 is 1.19 bits per heavy atom. The number of H-pyrrole nitrogens is 1. The summed E-state index contributed by atoms with van der Waals surface area (Å²) >= 11 is 1.55. The monoisotopic (exact) mass is 474 g/mol. The van der Waals surface area contributed by atoms with E-state index in [0.717, 1.165) is 28.1 Å². The molecule has 4 N–H and O–H groups in total. The molecule has 2 aromatic carbocycles. The van der Waals surface area contributed by atoms with E-state index in [4.69, 9.17) is 0 Å². The summed E-state index contributed by atoms with van der Waals surface area (Å²) in [5.41, 5.74) is 4.93. The normalized spacial score (nSPS) is 11.3. The minimum Gasteiger partial charge on any atom is -0.480 e. The zero-order chi connectivity index (χ0) is 22.2. The van der Waals surface area contributed by atoms with Crippen molar-refractivity contribution < 1.29 is 14.7 Å². The number of carbonyl (C=O) groups excluding carboxylic acids is 1. The molecule has 0 aliphatic carbocycles. The molecule has 0 aliphatic rings. The molecule has 1 atom stereocenters. The molecule has 3 aromatic rings. The minimum atomic E-state index is -1.03. The van der Waals surface area contributed by atoms with E-state index >= 15 is 0 Å². The number of benzene rings is 2. The number of imidazole rings is 1. The lowest BCUT2D eigenvalue weighted by molar-refractivity contribution is -0.139. The number of anilines is 1. The second-order valence-electron chi connectivity index (χ2n) is 7.15. The lowest BCUT2D eigenvalue weighted by Crippen LogP contribution is -2.41. The van der Waals surface area contributed by atoms with Crippen LogP contribution in [0.2, 0.25) is 0 Å². The van der Waals surface area contributed by atoms with Gasteiger partial charge in [0.2, 0.25) is 0 Å². The second kappa shape index (κ2) is 12.2. The summed E-state index contributed by atoms with van der Waals surface area (Å²) in [6, 6.07) is 12.4. The summed E-state index contributed by atoms with van der Waals surface area (Å²) in [4.78, 5) is 31.7. The predicted octanol–water partition coefficient (Wildman–Crippen LogP) is 4.36. The Morgan fingerprint density at radius 3 is 2.62 bits per heavy atom. The van der Waals surface area contributed by atoms with E-state index < -0.39 is 17.9 Å². The number of nitrogens with zero attached hydrogens (tertiary/aromatic N) is 1. The predicted molar refractivity (Wildman–Crippen MR) is 132 cm³/mol. The molecule has 0 fully saturated rings. The van der Waals surface area contributed by atoms with Gasteiger partial charge in [-0.1, -0.05) is 24.3 Å². The lowest BCUT2D eigenvalue weighted by atomic mass is 9.94. The molecule has 1 amide bonds. The summed E-state index contributed by atoms with van der Waals surface area (Å²) < 4.78 is 0. The van der Waals surface area contributed by atoms with Gasteiger partial charge in [0, 0.05) is 17.4 Å². The Labute approximate surface area is 197 Å². The van der Waals surface area contributed by atoms with Crippen LogP contribution in [0.5, 0.6) is 0 Å². The van der Waals surface area contributed by atoms with Crippen molar-refractivity contribution in [1.29, 1.82) is 0 Å². The number of carboxylic acid groups (broad SMARTS) is 1. The molecule has 1 aromatic heterocycles. The number of aliphatic carboxylic acids is 1. The van der Waals surface area contributed by atoms with Crippen LogP contribution in [-0.2, 0) is 11.3 Å². The van der Waals surface area contributed by atoms with Crippen molar-refractivity contribution in [2.24, 2.45) is 0 Å². The van der Waals surface area contributed by atoms with E-state index in [1.165, 1.54) is 0 Å². The molecule has 170 valence electrons. The van der Waals surface area contributed by atoms with E-state index in [2.05, 4.69) is 20.6 Å².